The number of rotatable bonds is 7. The summed E-state index contributed by atoms with van der Waals surface area (Å²) in [5.74, 6) is -0.180. The fourth-order valence-electron chi connectivity index (χ4n) is 1.09. The molecule has 12 heavy (non-hydrogen) atoms. The monoisotopic (exact) mass is 170 g/mol. The summed E-state index contributed by atoms with van der Waals surface area (Å²) in [6.45, 7) is 1.95. The van der Waals surface area contributed by atoms with Gasteiger partial charge in [0.2, 0.25) is 0 Å². The number of carbonyl (C=O) groups is 3. The third-order valence-electron chi connectivity index (χ3n) is 1.89. The van der Waals surface area contributed by atoms with Crippen molar-refractivity contribution in [3.8, 4) is 0 Å². The van der Waals surface area contributed by atoms with Gasteiger partial charge in [0.25, 0.3) is 0 Å². The zero-order valence-corrected chi connectivity index (χ0v) is 7.29. The summed E-state index contributed by atoms with van der Waals surface area (Å²) < 4.78 is 0. The molecule has 0 saturated heterocycles. The second kappa shape index (κ2) is 6.70. The van der Waals surface area contributed by atoms with E-state index in [-0.39, 0.29) is 18.1 Å². The van der Waals surface area contributed by atoms with E-state index in [2.05, 4.69) is 0 Å². The van der Waals surface area contributed by atoms with Crippen LogP contribution in [0.5, 0.6) is 0 Å². The SMILES string of the molecule is CCC(CCC=O)CC(=O)C=O. The average Bonchev–Trinajstić information content (AvgIpc) is 2.11. The third-order valence-corrected chi connectivity index (χ3v) is 1.89. The lowest BCUT2D eigenvalue weighted by Crippen LogP contribution is -2.08. The van der Waals surface area contributed by atoms with Crippen LogP contribution in [0.1, 0.15) is 32.6 Å². The number of hydrogen-bond acceptors (Lipinski definition) is 3. The Hall–Kier alpha value is -0.990. The van der Waals surface area contributed by atoms with E-state index in [0.717, 1.165) is 12.7 Å². The van der Waals surface area contributed by atoms with Crippen molar-refractivity contribution in [2.75, 3.05) is 0 Å². The van der Waals surface area contributed by atoms with Crippen LogP contribution in [-0.2, 0) is 14.4 Å². The molecule has 0 aromatic heterocycles. The normalized spacial score (nSPS) is 12.1. The summed E-state index contributed by atoms with van der Waals surface area (Å²) in [5, 5.41) is 0. The molecular weight excluding hydrogens is 156 g/mol. The fraction of sp³-hybridized carbons (Fsp3) is 0.667. The van der Waals surface area contributed by atoms with Crippen molar-refractivity contribution in [1.82, 2.24) is 0 Å². The molecule has 0 fully saturated rings. The summed E-state index contributed by atoms with van der Waals surface area (Å²) in [5.41, 5.74) is 0. The van der Waals surface area contributed by atoms with Crippen LogP contribution in [0.25, 0.3) is 0 Å². The van der Waals surface area contributed by atoms with Crippen molar-refractivity contribution in [3.63, 3.8) is 0 Å². The van der Waals surface area contributed by atoms with Gasteiger partial charge in [0.05, 0.1) is 0 Å². The Balaban J connectivity index is 3.73. The zero-order chi connectivity index (χ0) is 9.40. The summed E-state index contributed by atoms with van der Waals surface area (Å²) in [6, 6.07) is 0. The van der Waals surface area contributed by atoms with Gasteiger partial charge in [-0.15, -0.1) is 0 Å². The molecule has 0 bridgehead atoms. The van der Waals surface area contributed by atoms with Crippen molar-refractivity contribution >= 4 is 18.4 Å². The van der Waals surface area contributed by atoms with Gasteiger partial charge in [-0.1, -0.05) is 13.3 Å². The second-order valence-electron chi connectivity index (χ2n) is 2.81. The van der Waals surface area contributed by atoms with E-state index in [1.54, 1.807) is 0 Å². The molecule has 0 radical (unpaired) electrons. The maximum atomic E-state index is 10.7. The van der Waals surface area contributed by atoms with E-state index >= 15 is 0 Å². The number of aldehydes is 2. The standard InChI is InChI=1S/C9H14O3/c1-2-8(4-3-5-10)6-9(12)7-11/h5,7-8H,2-4,6H2,1H3. The Bertz CT molecular complexity index is 163. The lowest BCUT2D eigenvalue weighted by Gasteiger charge is -2.09. The smallest absolute Gasteiger partial charge is 0.195 e. The molecule has 0 aromatic rings. The average molecular weight is 170 g/mol. The summed E-state index contributed by atoms with van der Waals surface area (Å²) in [4.78, 5) is 30.7. The Labute approximate surface area is 72.1 Å². The molecule has 0 aromatic carbocycles. The molecule has 3 nitrogen and oxygen atoms in total. The first kappa shape index (κ1) is 11.0. The van der Waals surface area contributed by atoms with Crippen molar-refractivity contribution in [2.45, 2.75) is 32.6 Å². The molecule has 1 unspecified atom stereocenters. The molecule has 0 saturated carbocycles. The van der Waals surface area contributed by atoms with Crippen LogP contribution in [0.15, 0.2) is 0 Å². The minimum atomic E-state index is -0.368. The third kappa shape index (κ3) is 4.77. The van der Waals surface area contributed by atoms with Gasteiger partial charge in [-0.05, 0) is 12.3 Å². The van der Waals surface area contributed by atoms with Gasteiger partial charge >= 0.3 is 0 Å². The Morgan fingerprint density at radius 3 is 2.50 bits per heavy atom. The first-order valence-electron chi connectivity index (χ1n) is 4.16. The molecule has 0 heterocycles. The minimum absolute atomic E-state index is 0.188. The van der Waals surface area contributed by atoms with Gasteiger partial charge in [0.1, 0.15) is 6.29 Å². The predicted molar refractivity (Wildman–Crippen MR) is 44.8 cm³/mol. The number of Topliss-reactive ketones (excluding diaryl/α,β-unsaturated/α-hetero) is 1. The molecule has 1 atom stereocenters. The van der Waals surface area contributed by atoms with Gasteiger partial charge < -0.3 is 4.79 Å². The molecule has 0 N–H and O–H groups in total. The van der Waals surface area contributed by atoms with Gasteiger partial charge in [0, 0.05) is 12.8 Å². The molecular formula is C9H14O3. The maximum absolute atomic E-state index is 10.7. The van der Waals surface area contributed by atoms with Crippen LogP contribution < -0.4 is 0 Å². The molecule has 68 valence electrons. The second-order valence-corrected chi connectivity index (χ2v) is 2.81. The largest absolute Gasteiger partial charge is 0.303 e. The van der Waals surface area contributed by atoms with E-state index in [4.69, 9.17) is 0 Å². The van der Waals surface area contributed by atoms with Crippen molar-refractivity contribution in [2.24, 2.45) is 5.92 Å². The summed E-state index contributed by atoms with van der Waals surface area (Å²) in [6.07, 6.45) is 3.50. The Kier molecular flexibility index (Phi) is 6.15. The highest BCUT2D eigenvalue weighted by Gasteiger charge is 2.10. The van der Waals surface area contributed by atoms with Crippen molar-refractivity contribution in [3.05, 3.63) is 0 Å². The van der Waals surface area contributed by atoms with E-state index in [0.29, 0.717) is 19.1 Å². The number of carbonyl (C=O) groups excluding carboxylic acids is 3. The summed E-state index contributed by atoms with van der Waals surface area (Å²) >= 11 is 0. The number of ketones is 1. The maximum Gasteiger partial charge on any atom is 0.195 e. The number of hydrogen-bond donors (Lipinski definition) is 0. The molecule has 0 aliphatic heterocycles. The van der Waals surface area contributed by atoms with Crippen LogP contribution in [0, 0.1) is 5.92 Å². The van der Waals surface area contributed by atoms with Crippen molar-refractivity contribution < 1.29 is 14.4 Å². The van der Waals surface area contributed by atoms with Crippen LogP contribution in [-0.4, -0.2) is 18.4 Å². The van der Waals surface area contributed by atoms with Gasteiger partial charge in [-0.3, -0.25) is 9.59 Å². The lowest BCUT2D eigenvalue weighted by molar-refractivity contribution is -0.130. The van der Waals surface area contributed by atoms with Gasteiger partial charge in [-0.25, -0.2) is 0 Å². The molecule has 0 aliphatic carbocycles. The quantitative estimate of drug-likeness (QED) is 0.425. The fourth-order valence-corrected chi connectivity index (χ4v) is 1.09. The Morgan fingerprint density at radius 1 is 1.42 bits per heavy atom. The van der Waals surface area contributed by atoms with Crippen molar-refractivity contribution in [1.29, 1.82) is 0 Å². The van der Waals surface area contributed by atoms with Gasteiger partial charge in [-0.2, -0.15) is 0 Å². The van der Waals surface area contributed by atoms with E-state index in [9.17, 15) is 14.4 Å². The molecule has 0 rings (SSSR count). The summed E-state index contributed by atoms with van der Waals surface area (Å²) in [7, 11) is 0. The first-order chi connectivity index (χ1) is 5.74. The Morgan fingerprint density at radius 2 is 2.08 bits per heavy atom. The lowest BCUT2D eigenvalue weighted by atomic mass is 9.95. The van der Waals surface area contributed by atoms with E-state index in [1.165, 1.54) is 0 Å². The van der Waals surface area contributed by atoms with Gasteiger partial charge in [0.15, 0.2) is 12.1 Å². The van der Waals surface area contributed by atoms with E-state index in [1.807, 2.05) is 6.92 Å². The van der Waals surface area contributed by atoms with Crippen LogP contribution >= 0.6 is 0 Å². The highest BCUT2D eigenvalue weighted by atomic mass is 16.2. The highest BCUT2D eigenvalue weighted by molar-refractivity contribution is 6.24. The van der Waals surface area contributed by atoms with Crippen LogP contribution in [0.2, 0.25) is 0 Å². The minimum Gasteiger partial charge on any atom is -0.303 e. The molecule has 0 spiro atoms. The molecule has 0 aliphatic rings. The highest BCUT2D eigenvalue weighted by Crippen LogP contribution is 2.14. The van der Waals surface area contributed by atoms with Crippen LogP contribution in [0.4, 0.5) is 0 Å². The topological polar surface area (TPSA) is 51.2 Å². The molecule has 0 amide bonds. The zero-order valence-electron chi connectivity index (χ0n) is 7.29. The van der Waals surface area contributed by atoms with E-state index < -0.39 is 0 Å². The predicted octanol–water partition coefficient (Wildman–Crippen LogP) is 1.15. The molecule has 3 heteroatoms. The first-order valence-corrected chi connectivity index (χ1v) is 4.16. The van der Waals surface area contributed by atoms with Crippen LogP contribution in [0.3, 0.4) is 0 Å².